The maximum absolute atomic E-state index is 12.9. The van der Waals surface area contributed by atoms with E-state index in [1.807, 2.05) is 0 Å². The summed E-state index contributed by atoms with van der Waals surface area (Å²) in [6, 6.07) is 10.2. The molecular formula is C20H22ClN3O5S. The van der Waals surface area contributed by atoms with E-state index in [0.717, 1.165) is 5.56 Å². The van der Waals surface area contributed by atoms with Gasteiger partial charge in [-0.3, -0.25) is 9.36 Å². The monoisotopic (exact) mass is 451 g/mol. The zero-order chi connectivity index (χ0) is 22.1. The maximum atomic E-state index is 12.9. The highest BCUT2D eigenvalue weighted by molar-refractivity contribution is 7.89. The Labute approximate surface area is 178 Å². The third-order valence-electron chi connectivity index (χ3n) is 4.72. The van der Waals surface area contributed by atoms with Crippen molar-refractivity contribution in [2.75, 3.05) is 0 Å². The highest BCUT2D eigenvalue weighted by Crippen LogP contribution is 2.19. The number of rotatable bonds is 7. The number of aromatic nitrogens is 1. The number of benzene rings is 2. The molecule has 160 valence electrons. The Balaban J connectivity index is 1.80. The average molecular weight is 452 g/mol. The molecule has 10 heteroatoms. The number of halogens is 1. The van der Waals surface area contributed by atoms with Crippen molar-refractivity contribution < 1.29 is 17.6 Å². The molecular weight excluding hydrogens is 430 g/mol. The van der Waals surface area contributed by atoms with E-state index in [0.29, 0.717) is 10.5 Å². The molecule has 2 aromatic carbocycles. The highest BCUT2D eigenvalue weighted by Gasteiger charge is 2.29. The van der Waals surface area contributed by atoms with Crippen LogP contribution >= 0.6 is 11.6 Å². The van der Waals surface area contributed by atoms with Crippen LogP contribution in [0.4, 0.5) is 0 Å². The van der Waals surface area contributed by atoms with Gasteiger partial charge in [0.25, 0.3) is 0 Å². The van der Waals surface area contributed by atoms with Crippen LogP contribution < -0.4 is 15.8 Å². The molecule has 1 aromatic heterocycles. The van der Waals surface area contributed by atoms with Crippen LogP contribution in [0, 0.1) is 5.92 Å². The summed E-state index contributed by atoms with van der Waals surface area (Å²) in [5, 5.41) is 3.23. The third-order valence-corrected chi connectivity index (χ3v) is 6.52. The largest absolute Gasteiger partial charge is 0.419 e. The molecule has 0 aliphatic rings. The molecule has 0 fully saturated rings. The Hall–Kier alpha value is -2.62. The Morgan fingerprint density at radius 1 is 1.20 bits per heavy atom. The predicted octanol–water partition coefficient (Wildman–Crippen LogP) is 2.40. The molecule has 0 saturated carbocycles. The van der Waals surface area contributed by atoms with E-state index in [9.17, 15) is 18.0 Å². The number of carbonyl (C=O) groups is 1. The lowest BCUT2D eigenvalue weighted by Gasteiger charge is -2.22. The fourth-order valence-corrected chi connectivity index (χ4v) is 4.50. The lowest BCUT2D eigenvalue weighted by molar-refractivity contribution is -0.123. The van der Waals surface area contributed by atoms with Gasteiger partial charge in [-0.15, -0.1) is 0 Å². The van der Waals surface area contributed by atoms with Gasteiger partial charge in [-0.1, -0.05) is 43.6 Å². The van der Waals surface area contributed by atoms with E-state index >= 15 is 0 Å². The number of nitrogens with zero attached hydrogens (tertiary/aromatic N) is 1. The number of fused-ring (bicyclic) bond motifs is 1. The van der Waals surface area contributed by atoms with Crippen LogP contribution in [0.1, 0.15) is 19.4 Å². The zero-order valence-electron chi connectivity index (χ0n) is 16.7. The molecule has 3 rings (SSSR count). The first-order valence-corrected chi connectivity index (χ1v) is 11.1. The molecule has 3 aromatic rings. The maximum Gasteiger partial charge on any atom is 0.419 e. The number of carbonyl (C=O) groups excluding carboxylic acids is 1. The Kier molecular flexibility index (Phi) is 6.35. The van der Waals surface area contributed by atoms with Gasteiger partial charge in [-0.05, 0) is 29.7 Å². The lowest BCUT2D eigenvalue weighted by atomic mass is 10.0. The van der Waals surface area contributed by atoms with Gasteiger partial charge in [-0.2, -0.15) is 4.72 Å². The van der Waals surface area contributed by atoms with E-state index in [1.54, 1.807) is 38.1 Å². The van der Waals surface area contributed by atoms with Crippen LogP contribution in [0.2, 0.25) is 5.02 Å². The summed E-state index contributed by atoms with van der Waals surface area (Å²) in [6.45, 7) is 3.65. The summed E-state index contributed by atoms with van der Waals surface area (Å²) in [4.78, 5) is 24.2. The minimum Gasteiger partial charge on any atom is -0.408 e. The average Bonchev–Trinajstić information content (AvgIpc) is 2.98. The number of hydrogen-bond donors (Lipinski definition) is 2. The van der Waals surface area contributed by atoms with Crippen molar-refractivity contribution in [3.05, 3.63) is 63.6 Å². The fourth-order valence-electron chi connectivity index (χ4n) is 2.94. The molecule has 1 amide bonds. The lowest BCUT2D eigenvalue weighted by Crippen LogP contribution is -2.49. The summed E-state index contributed by atoms with van der Waals surface area (Å²) < 4.78 is 34.5. The Morgan fingerprint density at radius 2 is 1.90 bits per heavy atom. The van der Waals surface area contributed by atoms with Crippen LogP contribution in [-0.2, 0) is 28.4 Å². The number of aryl methyl sites for hydroxylation is 1. The number of sulfonamides is 1. The smallest absolute Gasteiger partial charge is 0.408 e. The van der Waals surface area contributed by atoms with E-state index in [1.165, 1.54) is 29.8 Å². The molecule has 8 nitrogen and oxygen atoms in total. The number of hydrogen-bond acceptors (Lipinski definition) is 5. The van der Waals surface area contributed by atoms with Crippen LogP contribution in [-0.4, -0.2) is 24.9 Å². The minimum atomic E-state index is -4.04. The van der Waals surface area contributed by atoms with Crippen molar-refractivity contribution in [2.24, 2.45) is 13.0 Å². The Morgan fingerprint density at radius 3 is 2.57 bits per heavy atom. The predicted molar refractivity (Wildman–Crippen MR) is 114 cm³/mol. The second-order valence-electron chi connectivity index (χ2n) is 7.21. The van der Waals surface area contributed by atoms with Crippen molar-refractivity contribution in [1.82, 2.24) is 14.6 Å². The van der Waals surface area contributed by atoms with Gasteiger partial charge in [0.2, 0.25) is 15.9 Å². The van der Waals surface area contributed by atoms with Crippen molar-refractivity contribution >= 4 is 38.6 Å². The SMILES string of the molecule is CC(C)[C@@H](NS(=O)(=O)c1ccc2c(c1)oc(=O)n2C)C(=O)NCc1ccccc1Cl. The molecule has 0 unspecified atom stereocenters. The Bertz CT molecular complexity index is 1250. The molecule has 2 N–H and O–H groups in total. The highest BCUT2D eigenvalue weighted by atomic mass is 35.5. The van der Waals surface area contributed by atoms with E-state index in [-0.39, 0.29) is 22.9 Å². The van der Waals surface area contributed by atoms with Crippen LogP contribution in [0.5, 0.6) is 0 Å². The standard InChI is InChI=1S/C20H22ClN3O5S/c1-12(2)18(19(25)22-11-13-6-4-5-7-15(13)21)23-30(27,28)14-8-9-16-17(10-14)29-20(26)24(16)3/h4-10,12,18,23H,11H2,1-3H3,(H,22,25)/t18-/m1/s1. The first-order valence-electron chi connectivity index (χ1n) is 9.23. The topological polar surface area (TPSA) is 110 Å². The summed E-state index contributed by atoms with van der Waals surface area (Å²) in [6.07, 6.45) is 0. The molecule has 0 spiro atoms. The first kappa shape index (κ1) is 22.1. The van der Waals surface area contributed by atoms with Crippen LogP contribution in [0.15, 0.2) is 56.6 Å². The molecule has 0 aliphatic heterocycles. The first-order chi connectivity index (χ1) is 14.1. The van der Waals surface area contributed by atoms with Gasteiger partial charge >= 0.3 is 5.76 Å². The van der Waals surface area contributed by atoms with Crippen LogP contribution in [0.25, 0.3) is 11.1 Å². The van der Waals surface area contributed by atoms with Gasteiger partial charge in [0.15, 0.2) is 5.58 Å². The molecule has 0 bridgehead atoms. The molecule has 30 heavy (non-hydrogen) atoms. The summed E-state index contributed by atoms with van der Waals surface area (Å²) in [5.41, 5.74) is 1.34. The third kappa shape index (κ3) is 4.58. The van der Waals surface area contributed by atoms with E-state index < -0.39 is 27.7 Å². The second-order valence-corrected chi connectivity index (χ2v) is 9.33. The van der Waals surface area contributed by atoms with Gasteiger partial charge < -0.3 is 9.73 Å². The van der Waals surface area contributed by atoms with Gasteiger partial charge in [-0.25, -0.2) is 13.2 Å². The van der Waals surface area contributed by atoms with Crippen molar-refractivity contribution in [2.45, 2.75) is 31.3 Å². The van der Waals surface area contributed by atoms with E-state index in [2.05, 4.69) is 10.0 Å². The number of nitrogens with one attached hydrogen (secondary N) is 2. The summed E-state index contributed by atoms with van der Waals surface area (Å²) >= 11 is 6.10. The second kappa shape index (κ2) is 8.63. The van der Waals surface area contributed by atoms with Gasteiger partial charge in [0, 0.05) is 24.7 Å². The normalized spacial score (nSPS) is 13.0. The van der Waals surface area contributed by atoms with Gasteiger partial charge in [0.05, 0.1) is 10.4 Å². The minimum absolute atomic E-state index is 0.103. The van der Waals surface area contributed by atoms with E-state index in [4.69, 9.17) is 16.0 Å². The van der Waals surface area contributed by atoms with Gasteiger partial charge in [0.1, 0.15) is 6.04 Å². The molecule has 0 aliphatic carbocycles. The fraction of sp³-hybridized carbons (Fsp3) is 0.300. The quantitative estimate of drug-likeness (QED) is 0.573. The summed E-state index contributed by atoms with van der Waals surface area (Å²) in [7, 11) is -2.52. The molecule has 0 radical (unpaired) electrons. The molecule has 0 saturated heterocycles. The number of amides is 1. The van der Waals surface area contributed by atoms with Crippen molar-refractivity contribution in [3.8, 4) is 0 Å². The van der Waals surface area contributed by atoms with Crippen LogP contribution in [0.3, 0.4) is 0 Å². The summed E-state index contributed by atoms with van der Waals surface area (Å²) in [5.74, 6) is -1.38. The van der Waals surface area contributed by atoms with Crippen molar-refractivity contribution in [1.29, 1.82) is 0 Å². The molecule has 1 atom stereocenters. The number of oxazole rings is 1. The van der Waals surface area contributed by atoms with Crippen molar-refractivity contribution in [3.63, 3.8) is 0 Å². The zero-order valence-corrected chi connectivity index (χ0v) is 18.3. The molecule has 1 heterocycles.